The van der Waals surface area contributed by atoms with Gasteiger partial charge in [-0.05, 0) is 44.9 Å². The summed E-state index contributed by atoms with van der Waals surface area (Å²) in [4.78, 5) is 6.91. The lowest BCUT2D eigenvalue weighted by Gasteiger charge is -2.37. The third kappa shape index (κ3) is 3.44. The summed E-state index contributed by atoms with van der Waals surface area (Å²) in [6.07, 6.45) is 8.17. The van der Waals surface area contributed by atoms with Gasteiger partial charge in [0.25, 0.3) is 0 Å². The van der Waals surface area contributed by atoms with Gasteiger partial charge in [0.2, 0.25) is 0 Å². The van der Waals surface area contributed by atoms with Crippen LogP contribution < -0.4 is 10.6 Å². The fourth-order valence-corrected chi connectivity index (χ4v) is 3.25. The van der Waals surface area contributed by atoms with Crippen molar-refractivity contribution in [1.82, 2.24) is 15.5 Å². The molecule has 0 radical (unpaired) electrons. The van der Waals surface area contributed by atoms with Crippen molar-refractivity contribution in [2.24, 2.45) is 4.99 Å². The van der Waals surface area contributed by atoms with Crippen molar-refractivity contribution in [2.45, 2.75) is 62.6 Å². The summed E-state index contributed by atoms with van der Waals surface area (Å²) in [6, 6.07) is 1.41. The van der Waals surface area contributed by atoms with E-state index in [9.17, 15) is 5.11 Å². The van der Waals surface area contributed by atoms with Crippen LogP contribution in [0.25, 0.3) is 0 Å². The number of aliphatic imine (C=N–C) groups is 1. The minimum atomic E-state index is -0.493. The number of guanidine groups is 1. The van der Waals surface area contributed by atoms with E-state index in [1.54, 1.807) is 7.05 Å². The molecule has 0 aromatic rings. The van der Waals surface area contributed by atoms with Crippen LogP contribution in [0.5, 0.6) is 0 Å². The zero-order valence-electron chi connectivity index (χ0n) is 12.6. The quantitative estimate of drug-likeness (QED) is 0.524. The maximum Gasteiger partial charge on any atom is 0.191 e. The molecule has 20 heavy (non-hydrogen) atoms. The maximum atomic E-state index is 10.1. The van der Waals surface area contributed by atoms with Crippen molar-refractivity contribution in [3.8, 4) is 0 Å². The van der Waals surface area contributed by atoms with Crippen molar-refractivity contribution in [3.63, 3.8) is 0 Å². The molecule has 0 bridgehead atoms. The molecule has 3 rings (SSSR count). The summed E-state index contributed by atoms with van der Waals surface area (Å²) in [5.41, 5.74) is -0.493. The number of hydrogen-bond acceptors (Lipinski definition) is 3. The molecular formula is C15H28N4O. The van der Waals surface area contributed by atoms with Crippen LogP contribution in [-0.4, -0.2) is 60.3 Å². The molecule has 0 unspecified atom stereocenters. The third-order valence-electron chi connectivity index (χ3n) is 5.03. The van der Waals surface area contributed by atoms with E-state index in [1.165, 1.54) is 38.8 Å². The molecule has 0 amide bonds. The summed E-state index contributed by atoms with van der Waals surface area (Å²) in [5, 5.41) is 16.9. The fraction of sp³-hybridized carbons (Fsp3) is 0.933. The zero-order chi connectivity index (χ0) is 14.0. The molecule has 0 spiro atoms. The van der Waals surface area contributed by atoms with Gasteiger partial charge in [-0.1, -0.05) is 0 Å². The van der Waals surface area contributed by atoms with Crippen molar-refractivity contribution in [2.75, 3.05) is 26.7 Å². The average molecular weight is 280 g/mol. The lowest BCUT2D eigenvalue weighted by molar-refractivity contribution is -0.0279. The van der Waals surface area contributed by atoms with Gasteiger partial charge < -0.3 is 20.6 Å². The highest BCUT2D eigenvalue weighted by Crippen LogP contribution is 2.31. The largest absolute Gasteiger partial charge is 0.388 e. The molecule has 114 valence electrons. The SMILES string of the molecule is CN=C(NCC1(O)CCC1)NC1CCN(C2CC2)CC1. The fourth-order valence-electron chi connectivity index (χ4n) is 3.25. The van der Waals surface area contributed by atoms with E-state index in [0.29, 0.717) is 12.6 Å². The van der Waals surface area contributed by atoms with E-state index in [0.717, 1.165) is 31.3 Å². The minimum absolute atomic E-state index is 0.493. The molecule has 1 heterocycles. The Hall–Kier alpha value is -0.810. The van der Waals surface area contributed by atoms with Crippen LogP contribution in [0.3, 0.4) is 0 Å². The molecular weight excluding hydrogens is 252 g/mol. The number of aliphatic hydroxyl groups is 1. The topological polar surface area (TPSA) is 59.9 Å². The summed E-state index contributed by atoms with van der Waals surface area (Å²) in [7, 11) is 1.81. The normalized spacial score (nSPS) is 28.0. The van der Waals surface area contributed by atoms with Gasteiger partial charge in [0, 0.05) is 38.8 Å². The Bertz CT molecular complexity index is 355. The monoisotopic (exact) mass is 280 g/mol. The second kappa shape index (κ2) is 5.90. The Balaban J connectivity index is 1.39. The van der Waals surface area contributed by atoms with E-state index in [4.69, 9.17) is 0 Å². The number of piperidine rings is 1. The van der Waals surface area contributed by atoms with Gasteiger partial charge in [-0.15, -0.1) is 0 Å². The predicted molar refractivity (Wildman–Crippen MR) is 80.9 cm³/mol. The van der Waals surface area contributed by atoms with Gasteiger partial charge in [0.15, 0.2) is 5.96 Å². The highest BCUT2D eigenvalue weighted by Gasteiger charge is 2.35. The van der Waals surface area contributed by atoms with Crippen LogP contribution in [0.15, 0.2) is 4.99 Å². The number of likely N-dealkylation sites (tertiary alicyclic amines) is 1. The Kier molecular flexibility index (Phi) is 4.17. The van der Waals surface area contributed by atoms with Crippen molar-refractivity contribution in [1.29, 1.82) is 0 Å². The molecule has 0 aromatic heterocycles. The Morgan fingerprint density at radius 2 is 1.95 bits per heavy atom. The maximum absolute atomic E-state index is 10.1. The first kappa shape index (κ1) is 14.1. The number of rotatable bonds is 4. The molecule has 0 atom stereocenters. The second-order valence-corrected chi connectivity index (χ2v) is 6.69. The molecule has 3 aliphatic rings. The van der Waals surface area contributed by atoms with Gasteiger partial charge in [-0.2, -0.15) is 0 Å². The first-order valence-electron chi connectivity index (χ1n) is 8.12. The van der Waals surface area contributed by atoms with Gasteiger partial charge in [0.05, 0.1) is 5.60 Å². The van der Waals surface area contributed by atoms with Crippen LogP contribution in [0.1, 0.15) is 44.9 Å². The lowest BCUT2D eigenvalue weighted by atomic mass is 9.80. The Labute approximate surface area is 121 Å². The highest BCUT2D eigenvalue weighted by molar-refractivity contribution is 5.80. The average Bonchev–Trinajstić information content (AvgIpc) is 3.26. The zero-order valence-corrected chi connectivity index (χ0v) is 12.6. The first-order chi connectivity index (χ1) is 9.68. The van der Waals surface area contributed by atoms with E-state index in [-0.39, 0.29) is 0 Å². The molecule has 1 saturated heterocycles. The summed E-state index contributed by atoms with van der Waals surface area (Å²) in [6.45, 7) is 3.04. The Morgan fingerprint density at radius 3 is 2.45 bits per heavy atom. The van der Waals surface area contributed by atoms with Crippen LogP contribution in [0.4, 0.5) is 0 Å². The molecule has 3 N–H and O–H groups in total. The van der Waals surface area contributed by atoms with Crippen LogP contribution >= 0.6 is 0 Å². The molecule has 1 aliphatic heterocycles. The van der Waals surface area contributed by atoms with E-state index >= 15 is 0 Å². The number of nitrogens with one attached hydrogen (secondary N) is 2. The molecule has 2 saturated carbocycles. The van der Waals surface area contributed by atoms with Gasteiger partial charge >= 0.3 is 0 Å². The van der Waals surface area contributed by atoms with Crippen molar-refractivity contribution >= 4 is 5.96 Å². The van der Waals surface area contributed by atoms with Crippen LogP contribution in [0, 0.1) is 0 Å². The molecule has 5 heteroatoms. The summed E-state index contributed by atoms with van der Waals surface area (Å²) in [5.74, 6) is 0.843. The number of nitrogens with zero attached hydrogens (tertiary/aromatic N) is 2. The molecule has 3 fully saturated rings. The molecule has 0 aromatic carbocycles. The van der Waals surface area contributed by atoms with E-state index in [2.05, 4.69) is 20.5 Å². The minimum Gasteiger partial charge on any atom is -0.388 e. The predicted octanol–water partition coefficient (Wildman–Crippen LogP) is 0.693. The second-order valence-electron chi connectivity index (χ2n) is 6.69. The van der Waals surface area contributed by atoms with Gasteiger partial charge in [-0.3, -0.25) is 4.99 Å². The Morgan fingerprint density at radius 1 is 1.25 bits per heavy atom. The van der Waals surface area contributed by atoms with Gasteiger partial charge in [-0.25, -0.2) is 0 Å². The van der Waals surface area contributed by atoms with Crippen LogP contribution in [0.2, 0.25) is 0 Å². The standard InChI is InChI=1S/C15H28N4O/c1-16-14(17-11-15(20)7-2-8-15)18-12-5-9-19(10-6-12)13-3-4-13/h12-13,20H,2-11H2,1H3,(H2,16,17,18). The highest BCUT2D eigenvalue weighted by atomic mass is 16.3. The lowest BCUT2D eigenvalue weighted by Crippen LogP contribution is -2.53. The first-order valence-corrected chi connectivity index (χ1v) is 8.12. The molecule has 5 nitrogen and oxygen atoms in total. The van der Waals surface area contributed by atoms with E-state index < -0.39 is 5.60 Å². The van der Waals surface area contributed by atoms with Crippen molar-refractivity contribution in [3.05, 3.63) is 0 Å². The smallest absolute Gasteiger partial charge is 0.191 e. The number of hydrogen-bond donors (Lipinski definition) is 3. The van der Waals surface area contributed by atoms with Crippen molar-refractivity contribution < 1.29 is 5.11 Å². The summed E-state index contributed by atoms with van der Waals surface area (Å²) >= 11 is 0. The van der Waals surface area contributed by atoms with Crippen LogP contribution in [-0.2, 0) is 0 Å². The summed E-state index contributed by atoms with van der Waals surface area (Å²) < 4.78 is 0. The third-order valence-corrected chi connectivity index (χ3v) is 5.03. The van der Waals surface area contributed by atoms with E-state index in [1.807, 2.05) is 0 Å². The molecule has 2 aliphatic carbocycles. The van der Waals surface area contributed by atoms with Gasteiger partial charge in [0.1, 0.15) is 0 Å².